The maximum atomic E-state index is 12.5. The molecule has 1 N–H and O–H groups in total. The summed E-state index contributed by atoms with van der Waals surface area (Å²) < 4.78 is 0. The second kappa shape index (κ2) is 12.2. The van der Waals surface area contributed by atoms with Crippen LogP contribution in [0, 0.1) is 51.8 Å². The Balaban J connectivity index is 0.000000710. The first-order chi connectivity index (χ1) is 17.1. The van der Waals surface area contributed by atoms with E-state index < -0.39 is 11.4 Å². The van der Waals surface area contributed by atoms with Crippen LogP contribution in [-0.4, -0.2) is 16.9 Å². The summed E-state index contributed by atoms with van der Waals surface area (Å²) in [7, 11) is 0. The van der Waals surface area contributed by atoms with Crippen molar-refractivity contribution < 1.29 is 14.7 Å². The number of carbonyl (C=O) groups is 2. The van der Waals surface area contributed by atoms with Crippen LogP contribution < -0.4 is 0 Å². The Labute approximate surface area is 223 Å². The number of allylic oxidation sites excluding steroid dienone is 2. The van der Waals surface area contributed by atoms with Gasteiger partial charge in [0.15, 0.2) is 0 Å². The van der Waals surface area contributed by atoms with Gasteiger partial charge in [-0.2, -0.15) is 0 Å². The van der Waals surface area contributed by atoms with Crippen molar-refractivity contribution in [3.05, 3.63) is 11.6 Å². The molecule has 0 radical (unpaired) electrons. The van der Waals surface area contributed by atoms with Gasteiger partial charge >= 0.3 is 5.97 Å². The highest BCUT2D eigenvalue weighted by atomic mass is 16.4. The van der Waals surface area contributed by atoms with E-state index in [0.717, 1.165) is 44.9 Å². The Morgan fingerprint density at radius 2 is 1.53 bits per heavy atom. The standard InChI is InChI=1S/C27H40O3.3C2H6/c1-16-6-5-12-27(24(29)30)15-10-20-18(23(16)27)7-8-22-25(3)14-11-21(28)17(2)19(25)9-13-26(20,22)4;3*1-2/h7,16-17,19-20,22-23H,5-6,8-15H2,1-4H3,(H,29,30);3*1-2H3. The summed E-state index contributed by atoms with van der Waals surface area (Å²) in [6, 6.07) is 0. The number of carboxylic acids is 1. The lowest BCUT2D eigenvalue weighted by Gasteiger charge is -2.65. The van der Waals surface area contributed by atoms with Crippen molar-refractivity contribution in [2.24, 2.45) is 51.8 Å². The van der Waals surface area contributed by atoms with Gasteiger partial charge in [-0.05, 0) is 85.4 Å². The largest absolute Gasteiger partial charge is 0.481 e. The zero-order valence-corrected chi connectivity index (χ0v) is 25.4. The molecule has 5 rings (SSSR count). The van der Waals surface area contributed by atoms with Crippen LogP contribution in [-0.2, 0) is 9.59 Å². The molecule has 9 atom stereocenters. The molecule has 0 aliphatic heterocycles. The van der Waals surface area contributed by atoms with E-state index in [1.54, 1.807) is 0 Å². The Bertz CT molecular complexity index is 799. The van der Waals surface area contributed by atoms with Crippen molar-refractivity contribution in [2.45, 2.75) is 133 Å². The second-order valence-corrected chi connectivity index (χ2v) is 12.3. The lowest BCUT2D eigenvalue weighted by Crippen LogP contribution is -2.60. The normalized spacial score (nSPS) is 44.6. The highest BCUT2D eigenvalue weighted by molar-refractivity contribution is 5.82. The predicted octanol–water partition coefficient (Wildman–Crippen LogP) is 9.35. The van der Waals surface area contributed by atoms with Crippen molar-refractivity contribution >= 4 is 11.8 Å². The molecular formula is C33H58O3. The lowest BCUT2D eigenvalue weighted by molar-refractivity contribution is -0.167. The van der Waals surface area contributed by atoms with E-state index in [-0.39, 0.29) is 22.7 Å². The van der Waals surface area contributed by atoms with Gasteiger partial charge in [-0.25, -0.2) is 0 Å². The molecule has 4 fully saturated rings. The monoisotopic (exact) mass is 502 g/mol. The molecule has 0 amide bonds. The van der Waals surface area contributed by atoms with E-state index in [4.69, 9.17) is 0 Å². The summed E-state index contributed by atoms with van der Waals surface area (Å²) in [5.41, 5.74) is 1.52. The topological polar surface area (TPSA) is 54.4 Å². The SMILES string of the molecule is CC.CC.CC.CC1CCCC2(C(=O)O)CCC3C(=CCC4C3(C)CCC3C(C)C(=O)CCC34C)C12. The van der Waals surface area contributed by atoms with Crippen LogP contribution in [0.15, 0.2) is 11.6 Å². The van der Waals surface area contributed by atoms with Crippen LogP contribution in [0.3, 0.4) is 0 Å². The summed E-state index contributed by atoms with van der Waals surface area (Å²) in [6.07, 6.45) is 12.8. The first kappa shape index (κ1) is 31.1. The van der Waals surface area contributed by atoms with Crippen LogP contribution in [0.25, 0.3) is 0 Å². The number of carbonyl (C=O) groups excluding carboxylic acids is 1. The average Bonchev–Trinajstić information content (AvgIpc) is 2.89. The molecule has 36 heavy (non-hydrogen) atoms. The van der Waals surface area contributed by atoms with Crippen molar-refractivity contribution in [3.8, 4) is 0 Å². The number of carboxylic acid groups (broad SMARTS) is 1. The molecule has 4 saturated carbocycles. The van der Waals surface area contributed by atoms with E-state index in [1.807, 2.05) is 41.5 Å². The van der Waals surface area contributed by atoms with Gasteiger partial charge in [-0.15, -0.1) is 0 Å². The maximum absolute atomic E-state index is 12.5. The zero-order valence-electron chi connectivity index (χ0n) is 25.4. The average molecular weight is 503 g/mol. The van der Waals surface area contributed by atoms with Gasteiger partial charge in [0, 0.05) is 12.3 Å². The van der Waals surface area contributed by atoms with Gasteiger partial charge < -0.3 is 5.11 Å². The van der Waals surface area contributed by atoms with E-state index >= 15 is 0 Å². The van der Waals surface area contributed by atoms with E-state index in [0.29, 0.717) is 29.5 Å². The molecular weight excluding hydrogens is 444 g/mol. The Morgan fingerprint density at radius 1 is 0.889 bits per heavy atom. The summed E-state index contributed by atoms with van der Waals surface area (Å²) in [5.74, 6) is 2.56. The minimum Gasteiger partial charge on any atom is -0.481 e. The first-order valence-electron chi connectivity index (χ1n) is 15.6. The number of rotatable bonds is 1. The predicted molar refractivity (Wildman–Crippen MR) is 152 cm³/mol. The zero-order chi connectivity index (χ0) is 27.5. The first-order valence-corrected chi connectivity index (χ1v) is 15.6. The Kier molecular flexibility index (Phi) is 10.5. The van der Waals surface area contributed by atoms with Crippen molar-refractivity contribution in [1.29, 1.82) is 0 Å². The van der Waals surface area contributed by atoms with Gasteiger partial charge in [0.2, 0.25) is 0 Å². The van der Waals surface area contributed by atoms with E-state index in [9.17, 15) is 14.7 Å². The van der Waals surface area contributed by atoms with Gasteiger partial charge in [0.1, 0.15) is 5.78 Å². The summed E-state index contributed by atoms with van der Waals surface area (Å²) in [5, 5.41) is 10.3. The fraction of sp³-hybridized carbons (Fsp3) is 0.879. The van der Waals surface area contributed by atoms with E-state index in [1.165, 1.54) is 24.8 Å². The van der Waals surface area contributed by atoms with Crippen LogP contribution in [0.4, 0.5) is 0 Å². The molecule has 3 nitrogen and oxygen atoms in total. The molecule has 0 aromatic heterocycles. The van der Waals surface area contributed by atoms with E-state index in [2.05, 4.69) is 33.8 Å². The highest BCUT2D eigenvalue weighted by Gasteiger charge is 2.64. The van der Waals surface area contributed by atoms with Crippen LogP contribution >= 0.6 is 0 Å². The number of hydrogen-bond donors (Lipinski definition) is 1. The van der Waals surface area contributed by atoms with Crippen LogP contribution in [0.1, 0.15) is 133 Å². The summed E-state index contributed by atoms with van der Waals surface area (Å²) in [6.45, 7) is 21.5. The minimum absolute atomic E-state index is 0.211. The minimum atomic E-state index is -0.541. The molecule has 9 unspecified atom stereocenters. The molecule has 0 spiro atoms. The Hall–Kier alpha value is -1.12. The highest BCUT2D eigenvalue weighted by Crippen LogP contribution is 2.70. The molecule has 0 aromatic carbocycles. The summed E-state index contributed by atoms with van der Waals surface area (Å²) >= 11 is 0. The quantitative estimate of drug-likeness (QED) is 0.363. The molecule has 5 aliphatic carbocycles. The van der Waals surface area contributed by atoms with Crippen LogP contribution in [0.2, 0.25) is 0 Å². The molecule has 0 aromatic rings. The molecule has 3 heteroatoms. The molecule has 5 aliphatic rings. The van der Waals surface area contributed by atoms with Crippen molar-refractivity contribution in [2.75, 3.05) is 0 Å². The lowest BCUT2D eigenvalue weighted by atomic mass is 9.38. The van der Waals surface area contributed by atoms with Crippen LogP contribution in [0.5, 0.6) is 0 Å². The number of hydrogen-bond acceptors (Lipinski definition) is 2. The number of Topliss-reactive ketones (excluding diaryl/α,β-unsaturated/α-hetero) is 1. The van der Waals surface area contributed by atoms with Gasteiger partial charge in [0.25, 0.3) is 0 Å². The van der Waals surface area contributed by atoms with Gasteiger partial charge in [-0.1, -0.05) is 93.7 Å². The van der Waals surface area contributed by atoms with Gasteiger partial charge in [0.05, 0.1) is 5.41 Å². The Morgan fingerprint density at radius 3 is 2.14 bits per heavy atom. The smallest absolute Gasteiger partial charge is 0.310 e. The second-order valence-electron chi connectivity index (χ2n) is 12.3. The molecule has 0 bridgehead atoms. The van der Waals surface area contributed by atoms with Crippen molar-refractivity contribution in [3.63, 3.8) is 0 Å². The molecule has 208 valence electrons. The fourth-order valence-electron chi connectivity index (χ4n) is 9.86. The third-order valence-corrected chi connectivity index (χ3v) is 11.4. The fourth-order valence-corrected chi connectivity index (χ4v) is 9.86. The molecule has 0 heterocycles. The number of ketones is 1. The van der Waals surface area contributed by atoms with Gasteiger partial charge in [-0.3, -0.25) is 9.59 Å². The van der Waals surface area contributed by atoms with Crippen molar-refractivity contribution in [1.82, 2.24) is 0 Å². The maximum Gasteiger partial charge on any atom is 0.310 e. The number of aliphatic carboxylic acids is 1. The summed E-state index contributed by atoms with van der Waals surface area (Å²) in [4.78, 5) is 25.0. The third-order valence-electron chi connectivity index (χ3n) is 11.4. The third kappa shape index (κ3) is 4.64. The number of fused-ring (bicyclic) bond motifs is 7. The molecule has 0 saturated heterocycles.